The first-order valence-corrected chi connectivity index (χ1v) is 8.98. The normalized spacial score (nSPS) is 14.2. The van der Waals surface area contributed by atoms with Crippen LogP contribution in [-0.4, -0.2) is 37.6 Å². The van der Waals surface area contributed by atoms with Gasteiger partial charge in [-0.2, -0.15) is 0 Å². The van der Waals surface area contributed by atoms with E-state index in [0.717, 1.165) is 24.5 Å². The number of rotatable bonds is 6. The maximum Gasteiger partial charge on any atom is 0.226 e. The smallest absolute Gasteiger partial charge is 0.226 e. The first kappa shape index (κ1) is 17.3. The second-order valence-corrected chi connectivity index (χ2v) is 6.52. The number of amides is 1. The van der Waals surface area contributed by atoms with Gasteiger partial charge in [-0.25, -0.2) is 0 Å². The Balaban J connectivity index is 1.52. The molecule has 0 aliphatic carbocycles. The van der Waals surface area contributed by atoms with E-state index in [1.807, 2.05) is 31.3 Å². The molecule has 0 bridgehead atoms. The van der Waals surface area contributed by atoms with Gasteiger partial charge >= 0.3 is 0 Å². The molecule has 1 fully saturated rings. The summed E-state index contributed by atoms with van der Waals surface area (Å²) < 4.78 is 0. The molecular weight excluding hydrogens is 312 g/mol. The van der Waals surface area contributed by atoms with Gasteiger partial charge in [0.05, 0.1) is 0 Å². The van der Waals surface area contributed by atoms with Gasteiger partial charge in [0.2, 0.25) is 5.91 Å². The number of piperidine rings is 1. The number of carbonyl (C=O) groups is 1. The van der Waals surface area contributed by atoms with Crippen LogP contribution in [0.1, 0.15) is 25.7 Å². The minimum atomic E-state index is 0.0386. The molecule has 1 saturated heterocycles. The maximum atomic E-state index is 12.3. The first-order chi connectivity index (χ1) is 12.2. The van der Waals surface area contributed by atoms with Crippen LogP contribution in [0.15, 0.2) is 48.8 Å². The van der Waals surface area contributed by atoms with Crippen molar-refractivity contribution >= 4 is 23.0 Å². The van der Waals surface area contributed by atoms with Gasteiger partial charge in [0.25, 0.3) is 0 Å². The van der Waals surface area contributed by atoms with Crippen LogP contribution in [0.3, 0.4) is 0 Å². The highest BCUT2D eigenvalue weighted by Crippen LogP contribution is 2.23. The quantitative estimate of drug-likeness (QED) is 0.875. The summed E-state index contributed by atoms with van der Waals surface area (Å²) in [5.74, 6) is 0.0386. The predicted octanol–water partition coefficient (Wildman–Crippen LogP) is 3.54. The molecule has 1 aliphatic heterocycles. The number of benzene rings is 1. The number of pyridine rings is 1. The van der Waals surface area contributed by atoms with Crippen LogP contribution in [0.2, 0.25) is 0 Å². The second-order valence-electron chi connectivity index (χ2n) is 6.52. The van der Waals surface area contributed by atoms with Crippen molar-refractivity contribution in [1.29, 1.82) is 0 Å². The molecule has 5 nitrogen and oxygen atoms in total. The molecule has 1 aromatic heterocycles. The molecule has 1 amide bonds. The number of aromatic nitrogens is 1. The summed E-state index contributed by atoms with van der Waals surface area (Å²) in [4.78, 5) is 20.7. The van der Waals surface area contributed by atoms with Gasteiger partial charge in [0.1, 0.15) is 0 Å². The van der Waals surface area contributed by atoms with E-state index in [4.69, 9.17) is 0 Å². The zero-order valence-corrected chi connectivity index (χ0v) is 14.8. The highest BCUT2D eigenvalue weighted by molar-refractivity contribution is 5.91. The summed E-state index contributed by atoms with van der Waals surface area (Å²) in [6, 6.07) is 12.1. The summed E-state index contributed by atoms with van der Waals surface area (Å²) >= 11 is 0. The fraction of sp³-hybridized carbons (Fsp3) is 0.400. The molecule has 0 saturated carbocycles. The molecule has 3 rings (SSSR count). The van der Waals surface area contributed by atoms with E-state index in [1.54, 1.807) is 12.4 Å². The molecule has 1 aliphatic rings. The van der Waals surface area contributed by atoms with Crippen molar-refractivity contribution in [3.05, 3.63) is 48.8 Å². The molecule has 1 aromatic carbocycles. The van der Waals surface area contributed by atoms with Crippen LogP contribution in [0, 0.1) is 0 Å². The molecule has 5 heteroatoms. The number of nitrogens with one attached hydrogen (secondary N) is 1. The summed E-state index contributed by atoms with van der Waals surface area (Å²) in [5.41, 5.74) is 3.14. The number of hydrogen-bond acceptors (Lipinski definition) is 4. The van der Waals surface area contributed by atoms with Gasteiger partial charge in [-0.15, -0.1) is 0 Å². The van der Waals surface area contributed by atoms with E-state index in [1.165, 1.54) is 24.9 Å². The van der Waals surface area contributed by atoms with Gasteiger partial charge in [0, 0.05) is 62.6 Å². The molecule has 2 heterocycles. The Morgan fingerprint density at radius 2 is 1.92 bits per heavy atom. The van der Waals surface area contributed by atoms with Crippen LogP contribution in [-0.2, 0) is 4.79 Å². The van der Waals surface area contributed by atoms with Gasteiger partial charge in [-0.3, -0.25) is 9.78 Å². The van der Waals surface area contributed by atoms with Crippen molar-refractivity contribution in [1.82, 2.24) is 4.98 Å². The van der Waals surface area contributed by atoms with Crippen LogP contribution >= 0.6 is 0 Å². The number of carbonyl (C=O) groups excluding carboxylic acids is 1. The molecule has 0 unspecified atom stereocenters. The lowest BCUT2D eigenvalue weighted by molar-refractivity contribution is -0.116. The molecule has 1 N–H and O–H groups in total. The lowest BCUT2D eigenvalue weighted by Crippen LogP contribution is -2.29. The average molecular weight is 338 g/mol. The van der Waals surface area contributed by atoms with Crippen molar-refractivity contribution in [3.8, 4) is 0 Å². The zero-order valence-electron chi connectivity index (χ0n) is 14.8. The van der Waals surface area contributed by atoms with E-state index in [2.05, 4.69) is 32.2 Å². The minimum Gasteiger partial charge on any atom is -0.374 e. The Hall–Kier alpha value is -2.56. The molecule has 0 spiro atoms. The Bertz CT molecular complexity index is 683. The molecule has 0 atom stereocenters. The van der Waals surface area contributed by atoms with Crippen LogP contribution < -0.4 is 15.1 Å². The lowest BCUT2D eigenvalue weighted by atomic mass is 10.1. The highest BCUT2D eigenvalue weighted by Gasteiger charge is 2.12. The third-order valence-corrected chi connectivity index (χ3v) is 4.63. The molecular formula is C20H26N4O. The van der Waals surface area contributed by atoms with E-state index < -0.39 is 0 Å². The largest absolute Gasteiger partial charge is 0.374 e. The number of hydrogen-bond donors (Lipinski definition) is 1. The lowest BCUT2D eigenvalue weighted by Gasteiger charge is -2.29. The average Bonchev–Trinajstić information content (AvgIpc) is 2.68. The van der Waals surface area contributed by atoms with Crippen molar-refractivity contribution in [2.24, 2.45) is 0 Å². The van der Waals surface area contributed by atoms with Crippen LogP contribution in [0.25, 0.3) is 0 Å². The van der Waals surface area contributed by atoms with E-state index in [9.17, 15) is 4.79 Å². The van der Waals surface area contributed by atoms with Crippen LogP contribution in [0.4, 0.5) is 17.1 Å². The Morgan fingerprint density at radius 1 is 1.16 bits per heavy atom. The second kappa shape index (κ2) is 8.51. The van der Waals surface area contributed by atoms with Crippen molar-refractivity contribution < 1.29 is 4.79 Å². The van der Waals surface area contributed by atoms with Gasteiger partial charge < -0.3 is 15.1 Å². The highest BCUT2D eigenvalue weighted by atomic mass is 16.1. The minimum absolute atomic E-state index is 0.0386. The van der Waals surface area contributed by atoms with E-state index >= 15 is 0 Å². The first-order valence-electron chi connectivity index (χ1n) is 8.98. The monoisotopic (exact) mass is 338 g/mol. The fourth-order valence-corrected chi connectivity index (χ4v) is 3.15. The Labute approximate surface area is 149 Å². The molecule has 0 radical (unpaired) electrons. The molecule has 132 valence electrons. The number of nitrogens with zero attached hydrogens (tertiary/aromatic N) is 3. The van der Waals surface area contributed by atoms with Crippen molar-refractivity contribution in [2.45, 2.75) is 25.7 Å². The van der Waals surface area contributed by atoms with Gasteiger partial charge in [-0.05, 0) is 49.6 Å². The molecule has 2 aromatic rings. The van der Waals surface area contributed by atoms with E-state index in [0.29, 0.717) is 13.0 Å². The standard InChI is InChI=1S/C20H26N4O/c1-23(18-8-11-21-12-9-18)15-10-20(25)22-17-6-5-7-19(16-17)24-13-3-2-4-14-24/h5-9,11-12,16H,2-4,10,13-15H2,1H3,(H,22,25). The van der Waals surface area contributed by atoms with Gasteiger partial charge in [0.15, 0.2) is 0 Å². The van der Waals surface area contributed by atoms with Crippen LogP contribution in [0.5, 0.6) is 0 Å². The summed E-state index contributed by atoms with van der Waals surface area (Å²) in [5, 5.41) is 3.02. The summed E-state index contributed by atoms with van der Waals surface area (Å²) in [6.45, 7) is 2.88. The topological polar surface area (TPSA) is 48.5 Å². The fourth-order valence-electron chi connectivity index (χ4n) is 3.15. The SMILES string of the molecule is CN(CCC(=O)Nc1cccc(N2CCCCC2)c1)c1ccncc1. The van der Waals surface area contributed by atoms with E-state index in [-0.39, 0.29) is 5.91 Å². The summed E-state index contributed by atoms with van der Waals surface area (Å²) in [6.07, 6.45) is 7.79. The Kier molecular flexibility index (Phi) is 5.88. The number of anilines is 3. The Morgan fingerprint density at radius 3 is 2.68 bits per heavy atom. The summed E-state index contributed by atoms with van der Waals surface area (Å²) in [7, 11) is 1.99. The zero-order chi connectivity index (χ0) is 17.5. The third kappa shape index (κ3) is 4.95. The maximum absolute atomic E-state index is 12.3. The third-order valence-electron chi connectivity index (χ3n) is 4.63. The van der Waals surface area contributed by atoms with Crippen molar-refractivity contribution in [2.75, 3.05) is 41.8 Å². The predicted molar refractivity (Wildman–Crippen MR) is 103 cm³/mol. The molecule has 25 heavy (non-hydrogen) atoms. The van der Waals surface area contributed by atoms with Crippen molar-refractivity contribution in [3.63, 3.8) is 0 Å². The van der Waals surface area contributed by atoms with Gasteiger partial charge in [-0.1, -0.05) is 6.07 Å².